The van der Waals surface area contributed by atoms with Crippen LogP contribution in [-0.2, 0) is 40.5 Å². The molecule has 4 aromatic carbocycles. The first-order chi connectivity index (χ1) is 23.2. The monoisotopic (exact) mass is 686 g/mol. The largest absolute Gasteiger partial charge is 0.497 e. The lowest BCUT2D eigenvalue weighted by atomic mass is 9.98. The van der Waals surface area contributed by atoms with Crippen LogP contribution in [0.25, 0.3) is 0 Å². The summed E-state index contributed by atoms with van der Waals surface area (Å²) in [6, 6.07) is 32.2. The molecule has 0 aromatic heterocycles. The molecule has 5 unspecified atom stereocenters. The first-order valence-corrected chi connectivity index (χ1v) is 17.2. The molecule has 1 N–H and O–H groups in total. The van der Waals surface area contributed by atoms with Gasteiger partial charge in [0.15, 0.2) is 17.5 Å². The highest BCUT2D eigenvalue weighted by Crippen LogP contribution is 2.35. The zero-order valence-corrected chi connectivity index (χ0v) is 27.9. The number of β-lactam (4-membered cyclic amide) rings is 1. The van der Waals surface area contributed by atoms with Gasteiger partial charge in [-0.1, -0.05) is 110 Å². The Morgan fingerprint density at radius 2 is 1.40 bits per heavy atom. The van der Waals surface area contributed by atoms with E-state index in [1.807, 2.05) is 66.7 Å². The lowest BCUT2D eigenvalue weighted by Crippen LogP contribution is -2.75. The first kappa shape index (κ1) is 34.6. The minimum atomic E-state index is -2.19. The predicted molar refractivity (Wildman–Crippen MR) is 183 cm³/mol. The van der Waals surface area contributed by atoms with E-state index in [-0.39, 0.29) is 12.2 Å². The number of carbonyl (C=O) groups excluding carboxylic acids is 3. The fourth-order valence-corrected chi connectivity index (χ4v) is 6.86. The number of hydrogen-bond acceptors (Lipinski definition) is 7. The number of hydrogen-bond donors (Lipinski definition) is 1. The van der Waals surface area contributed by atoms with Gasteiger partial charge in [-0.25, -0.2) is 9.00 Å². The molecule has 48 heavy (non-hydrogen) atoms. The highest BCUT2D eigenvalue weighted by molar-refractivity contribution is 8.08. The third-order valence-corrected chi connectivity index (χ3v) is 9.32. The molecule has 4 aromatic rings. The van der Waals surface area contributed by atoms with Crippen LogP contribution in [0.4, 0.5) is 0 Å². The van der Waals surface area contributed by atoms with Gasteiger partial charge in [0.2, 0.25) is 5.91 Å². The number of ether oxygens (including phenoxy) is 3. The Morgan fingerprint density at radius 3 is 1.88 bits per heavy atom. The molecule has 1 aliphatic heterocycles. The zero-order chi connectivity index (χ0) is 34.2. The average Bonchev–Trinajstić information content (AvgIpc) is 3.11. The average molecular weight is 687 g/mol. The third-order valence-electron chi connectivity index (χ3n) is 7.89. The number of halogens is 1. The van der Waals surface area contributed by atoms with Gasteiger partial charge in [-0.3, -0.25) is 9.59 Å². The van der Waals surface area contributed by atoms with Crippen molar-refractivity contribution >= 4 is 38.5 Å². The molecule has 0 bridgehead atoms. The molecule has 1 aliphatic rings. The van der Waals surface area contributed by atoms with Crippen LogP contribution in [0.1, 0.15) is 41.4 Å². The number of nitrogens with one attached hydrogen (secondary N) is 1. The summed E-state index contributed by atoms with van der Waals surface area (Å²) in [5.41, 5.74) is 3.15. The van der Waals surface area contributed by atoms with Crippen LogP contribution >= 0.6 is 10.7 Å². The van der Waals surface area contributed by atoms with E-state index in [9.17, 15) is 18.6 Å². The Kier molecular flexibility index (Phi) is 11.4. The molecule has 5 rings (SSSR count). The lowest BCUT2D eigenvalue weighted by Gasteiger charge is -2.48. The Hall–Kier alpha value is -4.77. The topological polar surface area (TPSA) is 111 Å². The highest BCUT2D eigenvalue weighted by atomic mass is 35.7. The van der Waals surface area contributed by atoms with Gasteiger partial charge in [0.05, 0.1) is 7.11 Å². The summed E-state index contributed by atoms with van der Waals surface area (Å²) in [5, 5.41) is 1.47. The highest BCUT2D eigenvalue weighted by Gasteiger charge is 2.56. The summed E-state index contributed by atoms with van der Waals surface area (Å²) in [5.74, 6) is -1.43. The lowest BCUT2D eigenvalue weighted by molar-refractivity contribution is -0.164. The molecule has 0 spiro atoms. The van der Waals surface area contributed by atoms with Gasteiger partial charge in [0.25, 0.3) is 5.91 Å². The second kappa shape index (κ2) is 15.9. The van der Waals surface area contributed by atoms with Gasteiger partial charge < -0.3 is 24.4 Å². The van der Waals surface area contributed by atoms with Crippen molar-refractivity contribution in [3.8, 4) is 5.75 Å². The van der Waals surface area contributed by atoms with Gasteiger partial charge in [-0.05, 0) is 57.6 Å². The van der Waals surface area contributed by atoms with Crippen molar-refractivity contribution in [3.05, 3.63) is 150 Å². The number of methoxy groups -OCH3 is 1. The van der Waals surface area contributed by atoms with Crippen molar-refractivity contribution in [1.29, 1.82) is 0 Å². The van der Waals surface area contributed by atoms with Gasteiger partial charge in [-0.2, -0.15) is 0 Å². The summed E-state index contributed by atoms with van der Waals surface area (Å²) in [6.45, 7) is 5.34. The maximum absolute atomic E-state index is 14.0. The Morgan fingerprint density at radius 1 is 0.875 bits per heavy atom. The third kappa shape index (κ3) is 7.84. The quantitative estimate of drug-likeness (QED) is 0.0774. The number of esters is 1. The van der Waals surface area contributed by atoms with Crippen molar-refractivity contribution in [3.63, 3.8) is 0 Å². The summed E-state index contributed by atoms with van der Waals surface area (Å²) < 4.78 is 30.1. The summed E-state index contributed by atoms with van der Waals surface area (Å²) >= 11 is 0. The zero-order valence-electron chi connectivity index (χ0n) is 26.4. The fraction of sp³-hybridized carbons (Fsp3) is 0.216. The molecule has 1 heterocycles. The van der Waals surface area contributed by atoms with Crippen LogP contribution in [0.5, 0.6) is 5.75 Å². The molecule has 0 saturated carbocycles. The van der Waals surface area contributed by atoms with Crippen LogP contribution in [0.3, 0.4) is 0 Å². The summed E-state index contributed by atoms with van der Waals surface area (Å²) in [7, 11) is 5.48. The molecule has 0 aliphatic carbocycles. The molecule has 0 radical (unpaired) electrons. The van der Waals surface area contributed by atoms with Crippen LogP contribution < -0.4 is 10.1 Å². The molecule has 2 amide bonds. The Labute approximate surface area is 286 Å². The van der Waals surface area contributed by atoms with Crippen molar-refractivity contribution in [2.45, 2.75) is 43.2 Å². The second-order valence-electron chi connectivity index (χ2n) is 11.2. The Bertz CT molecular complexity index is 1720. The summed E-state index contributed by atoms with van der Waals surface area (Å²) in [4.78, 5) is 42.0. The molecule has 248 valence electrons. The number of benzene rings is 4. The van der Waals surface area contributed by atoms with E-state index in [1.165, 1.54) is 0 Å². The normalized spacial score (nSPS) is 17.5. The van der Waals surface area contributed by atoms with E-state index < -0.39 is 57.5 Å². The van der Waals surface area contributed by atoms with E-state index >= 15 is 0 Å². The smallest absolute Gasteiger partial charge is 0.333 e. The number of likely N-dealkylation sites (tertiary alicyclic amines) is 1. The van der Waals surface area contributed by atoms with E-state index in [4.69, 9.17) is 24.9 Å². The van der Waals surface area contributed by atoms with Crippen molar-refractivity contribution in [2.75, 3.05) is 7.11 Å². The van der Waals surface area contributed by atoms with Crippen molar-refractivity contribution in [1.82, 2.24) is 10.2 Å². The predicted octanol–water partition coefficient (Wildman–Crippen LogP) is 5.79. The molecule has 11 heteroatoms. The standard InChI is InChI=1S/C37H35ClN2O7S/c1-24(2)31(37(43)46-23-25-19-21-29(45-3)22-20-25)40-35(42)30(36(40)48(38)44)39-34(41)33(28-17-11-6-12-18-28)47-32(26-13-7-4-8-14-26)27-15-9-5-10-16-27/h4-22,30-33,36H,1,23H2,2-3H3,(H,39,41). The van der Waals surface area contributed by atoms with Gasteiger partial charge in [0.1, 0.15) is 34.5 Å². The molecule has 5 atom stereocenters. The van der Waals surface area contributed by atoms with Gasteiger partial charge >= 0.3 is 5.97 Å². The molecular formula is C37H35ClN2O7S. The molecular weight excluding hydrogens is 652 g/mol. The maximum atomic E-state index is 14.0. The van der Waals surface area contributed by atoms with E-state index in [0.29, 0.717) is 16.9 Å². The molecule has 1 saturated heterocycles. The van der Waals surface area contributed by atoms with E-state index in [1.54, 1.807) is 62.6 Å². The Balaban J connectivity index is 1.37. The summed E-state index contributed by atoms with van der Waals surface area (Å²) in [6.07, 6.45) is -1.81. The van der Waals surface area contributed by atoms with Crippen molar-refractivity contribution < 1.29 is 32.8 Å². The fourth-order valence-electron chi connectivity index (χ4n) is 5.49. The first-order valence-electron chi connectivity index (χ1n) is 15.1. The number of amides is 2. The minimum absolute atomic E-state index is 0.0798. The van der Waals surface area contributed by atoms with Crippen molar-refractivity contribution in [2.24, 2.45) is 0 Å². The second-order valence-corrected chi connectivity index (χ2v) is 13.1. The number of carbonyl (C=O) groups is 3. The van der Waals surface area contributed by atoms with Crippen LogP contribution in [0, 0.1) is 0 Å². The van der Waals surface area contributed by atoms with Crippen LogP contribution in [0.15, 0.2) is 127 Å². The van der Waals surface area contributed by atoms with E-state index in [0.717, 1.165) is 16.0 Å². The molecule has 1 fully saturated rings. The maximum Gasteiger partial charge on any atom is 0.333 e. The van der Waals surface area contributed by atoms with Crippen LogP contribution in [0.2, 0.25) is 0 Å². The van der Waals surface area contributed by atoms with Gasteiger partial charge in [0, 0.05) is 0 Å². The molecule has 9 nitrogen and oxygen atoms in total. The SMILES string of the molecule is C=C(C)C(C(=O)OCc1ccc(OC)cc1)N1C(=O)C(NC(=O)C(OC(c2ccccc2)c2ccccc2)c2ccccc2)C1S(=O)Cl. The minimum Gasteiger partial charge on any atom is -0.497 e. The van der Waals surface area contributed by atoms with E-state index in [2.05, 4.69) is 11.9 Å². The number of rotatable bonds is 14. The van der Waals surface area contributed by atoms with Gasteiger partial charge in [-0.15, -0.1) is 0 Å². The van der Waals surface area contributed by atoms with Crippen LogP contribution in [-0.4, -0.2) is 51.5 Å². The number of nitrogens with zero attached hydrogens (tertiary/aromatic N) is 1.